The number of ether oxygens (including phenoxy) is 1. The normalized spacial score (nSPS) is 10.8. The highest BCUT2D eigenvalue weighted by Gasteiger charge is 2.12. The van der Waals surface area contributed by atoms with Crippen molar-refractivity contribution in [2.45, 2.75) is 32.7 Å². The number of hydrogen-bond donors (Lipinski definition) is 1. The summed E-state index contributed by atoms with van der Waals surface area (Å²) in [7, 11) is 1.72. The number of rotatable bonds is 8. The fourth-order valence-corrected chi connectivity index (χ4v) is 3.10. The summed E-state index contributed by atoms with van der Waals surface area (Å²) in [6.07, 6.45) is 1.96. The molecular formula is C22H25N3O4. The third-order valence-corrected chi connectivity index (χ3v) is 4.75. The van der Waals surface area contributed by atoms with Gasteiger partial charge in [-0.2, -0.15) is 0 Å². The Kier molecular flexibility index (Phi) is 6.49. The molecule has 0 aliphatic carbocycles. The third kappa shape index (κ3) is 4.74. The van der Waals surface area contributed by atoms with Crippen molar-refractivity contribution in [1.29, 1.82) is 0 Å². The predicted molar refractivity (Wildman–Crippen MR) is 112 cm³/mol. The molecule has 0 unspecified atom stereocenters. The van der Waals surface area contributed by atoms with Gasteiger partial charge in [0.15, 0.2) is 0 Å². The van der Waals surface area contributed by atoms with E-state index in [0.29, 0.717) is 17.9 Å². The molecule has 3 aromatic rings. The highest BCUT2D eigenvalue weighted by atomic mass is 16.5. The van der Waals surface area contributed by atoms with Crippen molar-refractivity contribution in [3.05, 3.63) is 64.6 Å². The maximum absolute atomic E-state index is 12.4. The van der Waals surface area contributed by atoms with Crippen LogP contribution in [0.15, 0.2) is 53.3 Å². The highest BCUT2D eigenvalue weighted by Crippen LogP contribution is 2.14. The first-order valence-corrected chi connectivity index (χ1v) is 9.72. The van der Waals surface area contributed by atoms with Gasteiger partial charge in [-0.05, 0) is 42.8 Å². The summed E-state index contributed by atoms with van der Waals surface area (Å²) in [6.45, 7) is 2.72. The molecule has 7 nitrogen and oxygen atoms in total. The van der Waals surface area contributed by atoms with Crippen molar-refractivity contribution in [2.24, 2.45) is 7.05 Å². The van der Waals surface area contributed by atoms with Crippen molar-refractivity contribution in [2.75, 3.05) is 11.9 Å². The van der Waals surface area contributed by atoms with Gasteiger partial charge >= 0.3 is 11.7 Å². The van der Waals surface area contributed by atoms with Crippen molar-refractivity contribution in [1.82, 2.24) is 9.13 Å². The van der Waals surface area contributed by atoms with Crippen LogP contribution in [0.2, 0.25) is 0 Å². The fourth-order valence-electron chi connectivity index (χ4n) is 3.10. The molecule has 3 rings (SSSR count). The first kappa shape index (κ1) is 20.4. The first-order chi connectivity index (χ1) is 14.0. The number of amides is 1. The largest absolute Gasteiger partial charge is 0.462 e. The number of carbonyl (C=O) groups is 2. The number of carbonyl (C=O) groups excluding carboxylic acids is 2. The zero-order valence-electron chi connectivity index (χ0n) is 16.7. The summed E-state index contributed by atoms with van der Waals surface area (Å²) in [4.78, 5) is 36.6. The van der Waals surface area contributed by atoms with Crippen molar-refractivity contribution >= 4 is 28.6 Å². The minimum Gasteiger partial charge on any atom is -0.462 e. The number of unbranched alkanes of at least 4 members (excludes halogenated alkanes) is 1. The molecule has 1 amide bonds. The average molecular weight is 395 g/mol. The lowest BCUT2D eigenvalue weighted by Crippen LogP contribution is -2.24. The van der Waals surface area contributed by atoms with Gasteiger partial charge in [0.1, 0.15) is 0 Å². The second-order valence-corrected chi connectivity index (χ2v) is 6.85. The topological polar surface area (TPSA) is 82.3 Å². The van der Waals surface area contributed by atoms with Gasteiger partial charge in [-0.1, -0.05) is 25.5 Å². The molecule has 0 spiro atoms. The molecule has 152 valence electrons. The number of nitrogens with one attached hydrogen (secondary N) is 1. The Hall–Kier alpha value is -3.35. The van der Waals surface area contributed by atoms with Crippen LogP contribution < -0.4 is 11.0 Å². The Morgan fingerprint density at radius 3 is 2.41 bits per heavy atom. The quantitative estimate of drug-likeness (QED) is 0.469. The Labute approximate surface area is 168 Å². The standard InChI is InChI=1S/C22H25N3O4/c1-3-4-15-29-21(27)16-9-11-17(12-10-16)23-20(26)13-14-25-19-8-6-5-7-18(19)24(2)22(25)28/h5-12H,3-4,13-15H2,1-2H3,(H,23,26). The molecule has 0 aliphatic rings. The van der Waals surface area contributed by atoms with Gasteiger partial charge in [0.2, 0.25) is 5.91 Å². The molecule has 0 atom stereocenters. The molecule has 0 radical (unpaired) electrons. The van der Waals surface area contributed by atoms with Gasteiger partial charge in [0.05, 0.1) is 23.2 Å². The maximum atomic E-state index is 12.4. The second-order valence-electron chi connectivity index (χ2n) is 6.85. The Balaban J connectivity index is 1.58. The van der Waals surface area contributed by atoms with Gasteiger partial charge in [-0.25, -0.2) is 9.59 Å². The number of para-hydroxylation sites is 2. The zero-order valence-corrected chi connectivity index (χ0v) is 16.7. The van der Waals surface area contributed by atoms with E-state index in [1.54, 1.807) is 40.4 Å². The van der Waals surface area contributed by atoms with Gasteiger partial charge in [0.25, 0.3) is 0 Å². The van der Waals surface area contributed by atoms with Crippen LogP contribution in [0.4, 0.5) is 5.69 Å². The molecule has 0 bridgehead atoms. The summed E-state index contributed by atoms with van der Waals surface area (Å²) < 4.78 is 8.34. The van der Waals surface area contributed by atoms with E-state index in [0.717, 1.165) is 23.9 Å². The average Bonchev–Trinajstić information content (AvgIpc) is 2.97. The number of fused-ring (bicyclic) bond motifs is 1. The lowest BCUT2D eigenvalue weighted by atomic mass is 10.2. The van der Waals surface area contributed by atoms with Gasteiger partial charge < -0.3 is 10.1 Å². The lowest BCUT2D eigenvalue weighted by Gasteiger charge is -2.08. The molecule has 29 heavy (non-hydrogen) atoms. The lowest BCUT2D eigenvalue weighted by molar-refractivity contribution is -0.116. The van der Waals surface area contributed by atoms with E-state index in [-0.39, 0.29) is 30.5 Å². The number of esters is 1. The molecule has 0 fully saturated rings. The van der Waals surface area contributed by atoms with Crippen LogP contribution in [0.1, 0.15) is 36.5 Å². The number of nitrogens with zero attached hydrogens (tertiary/aromatic N) is 2. The summed E-state index contributed by atoms with van der Waals surface area (Å²) in [5.74, 6) is -0.574. The molecule has 0 aliphatic heterocycles. The molecule has 1 N–H and O–H groups in total. The van der Waals surface area contributed by atoms with E-state index >= 15 is 0 Å². The third-order valence-electron chi connectivity index (χ3n) is 4.75. The molecular weight excluding hydrogens is 370 g/mol. The number of aromatic nitrogens is 2. The molecule has 7 heteroatoms. The minimum absolute atomic E-state index is 0.148. The number of hydrogen-bond acceptors (Lipinski definition) is 4. The van der Waals surface area contributed by atoms with Crippen molar-refractivity contribution in [3.8, 4) is 0 Å². The van der Waals surface area contributed by atoms with E-state index in [4.69, 9.17) is 4.74 Å². The van der Waals surface area contributed by atoms with Gasteiger partial charge in [0, 0.05) is 25.7 Å². The van der Waals surface area contributed by atoms with Crippen LogP contribution in [0.5, 0.6) is 0 Å². The van der Waals surface area contributed by atoms with Gasteiger partial charge in [-0.3, -0.25) is 13.9 Å². The molecule has 2 aromatic carbocycles. The van der Waals surface area contributed by atoms with Crippen LogP contribution in [-0.4, -0.2) is 27.6 Å². The van der Waals surface area contributed by atoms with E-state index in [2.05, 4.69) is 5.32 Å². The second kappa shape index (κ2) is 9.23. The Morgan fingerprint density at radius 1 is 1.03 bits per heavy atom. The summed E-state index contributed by atoms with van der Waals surface area (Å²) in [5.41, 5.74) is 2.52. The van der Waals surface area contributed by atoms with E-state index in [1.807, 2.05) is 31.2 Å². The number of anilines is 1. The fraction of sp³-hybridized carbons (Fsp3) is 0.318. The first-order valence-electron chi connectivity index (χ1n) is 9.72. The molecule has 1 aromatic heterocycles. The predicted octanol–water partition coefficient (Wildman–Crippen LogP) is 3.33. The van der Waals surface area contributed by atoms with Crippen LogP contribution >= 0.6 is 0 Å². The monoisotopic (exact) mass is 395 g/mol. The minimum atomic E-state index is -0.369. The van der Waals surface area contributed by atoms with Crippen molar-refractivity contribution in [3.63, 3.8) is 0 Å². The zero-order chi connectivity index (χ0) is 20.8. The van der Waals surface area contributed by atoms with Crippen LogP contribution in [0.25, 0.3) is 11.0 Å². The van der Waals surface area contributed by atoms with Gasteiger partial charge in [-0.15, -0.1) is 0 Å². The summed E-state index contributed by atoms with van der Waals surface area (Å²) in [5, 5.41) is 2.79. The van der Waals surface area contributed by atoms with E-state index in [9.17, 15) is 14.4 Å². The SMILES string of the molecule is CCCCOC(=O)c1ccc(NC(=O)CCn2c(=O)n(C)c3ccccc32)cc1. The van der Waals surface area contributed by atoms with Crippen LogP contribution in [-0.2, 0) is 23.1 Å². The summed E-state index contributed by atoms with van der Waals surface area (Å²) >= 11 is 0. The molecule has 0 saturated heterocycles. The number of benzene rings is 2. The summed E-state index contributed by atoms with van der Waals surface area (Å²) in [6, 6.07) is 14.1. The maximum Gasteiger partial charge on any atom is 0.338 e. The smallest absolute Gasteiger partial charge is 0.338 e. The molecule has 1 heterocycles. The number of aryl methyl sites for hydroxylation is 2. The van der Waals surface area contributed by atoms with Crippen molar-refractivity contribution < 1.29 is 14.3 Å². The highest BCUT2D eigenvalue weighted by molar-refractivity contribution is 5.93. The van der Waals surface area contributed by atoms with Crippen LogP contribution in [0, 0.1) is 0 Å². The molecule has 0 saturated carbocycles. The number of imidazole rings is 1. The Morgan fingerprint density at radius 2 is 1.72 bits per heavy atom. The Bertz CT molecular complexity index is 1060. The van der Waals surface area contributed by atoms with E-state index in [1.165, 1.54) is 0 Å². The van der Waals surface area contributed by atoms with E-state index < -0.39 is 0 Å². The van der Waals surface area contributed by atoms with Crippen LogP contribution in [0.3, 0.4) is 0 Å².